The van der Waals surface area contributed by atoms with Crippen molar-refractivity contribution in [2.75, 3.05) is 19.8 Å². The van der Waals surface area contributed by atoms with E-state index in [0.29, 0.717) is 12.8 Å². The molecule has 324 valence electrons. The van der Waals surface area contributed by atoms with E-state index < -0.39 is 57.6 Å². The zero-order valence-electron chi connectivity index (χ0n) is 34.9. The lowest BCUT2D eigenvalue weighted by Gasteiger charge is -2.18. The summed E-state index contributed by atoms with van der Waals surface area (Å²) in [6.45, 7) is 2.36. The fourth-order valence-electron chi connectivity index (χ4n) is 5.16. The number of carboxylic acid groups (broad SMARTS) is 1. The van der Waals surface area contributed by atoms with Crippen LogP contribution in [0.15, 0.2) is 85.1 Å². The second-order valence-electron chi connectivity index (χ2n) is 13.8. The number of carbonyl (C=O) groups excluding carboxylic acids is 2. The smallest absolute Gasteiger partial charge is 0.472 e. The van der Waals surface area contributed by atoms with Crippen LogP contribution in [0.5, 0.6) is 0 Å². The Hall–Kier alpha value is -3.34. The van der Waals surface area contributed by atoms with Crippen LogP contribution in [0.1, 0.15) is 149 Å². The number of aliphatic carboxylic acids is 1. The van der Waals surface area contributed by atoms with Gasteiger partial charge in [0.25, 0.3) is 0 Å². The summed E-state index contributed by atoms with van der Waals surface area (Å²) in [4.78, 5) is 45.8. The molecule has 0 fully saturated rings. The predicted octanol–water partition coefficient (Wildman–Crippen LogP) is 10.7. The highest BCUT2D eigenvalue weighted by atomic mass is 31.2. The molecule has 0 aliphatic rings. The number of nitrogens with one attached hydrogen (secondary N) is 1. The normalized spacial score (nSPS) is 14.6. The summed E-state index contributed by atoms with van der Waals surface area (Å²) in [7, 11) is -4.78. The molecule has 0 rings (SSSR count). The number of ether oxygens (including phenoxy) is 1. The number of esters is 1. The van der Waals surface area contributed by atoms with Gasteiger partial charge in [0.2, 0.25) is 5.91 Å². The van der Waals surface area contributed by atoms with E-state index in [2.05, 4.69) is 86.0 Å². The van der Waals surface area contributed by atoms with E-state index in [1.807, 2.05) is 18.2 Å². The standard InChI is InChI=1S/C45H74NO10P/c1-3-5-7-9-11-13-15-17-19-20-21-22-23-25-27-29-31-33-35-37-44(49)54-38-41(47)39-55-57(52,53)56-40-42(45(50)51)46-43(48)36-34-32-30-28-26-24-18-16-14-12-10-8-6-4-2/h5,7,11,13,16-19,21-22,25,27,31,33,41-42,47H,3-4,6,8-10,12,14-15,20,23-24,26,28-30,32,34-40H2,1-2H3,(H,46,48)(H,50,51)(H,52,53)/b7-5-,13-11-,18-16-,19-17-,22-21-,27-25-,33-31-. The van der Waals surface area contributed by atoms with Gasteiger partial charge in [-0.2, -0.15) is 0 Å². The number of phosphoric ester groups is 1. The van der Waals surface area contributed by atoms with Crippen molar-refractivity contribution >= 4 is 25.7 Å². The first-order chi connectivity index (χ1) is 27.6. The van der Waals surface area contributed by atoms with Crippen molar-refractivity contribution in [3.63, 3.8) is 0 Å². The van der Waals surface area contributed by atoms with Crippen LogP contribution in [0.3, 0.4) is 0 Å². The zero-order valence-corrected chi connectivity index (χ0v) is 35.7. The monoisotopic (exact) mass is 820 g/mol. The highest BCUT2D eigenvalue weighted by molar-refractivity contribution is 7.47. The molecule has 3 atom stereocenters. The first-order valence-corrected chi connectivity index (χ1v) is 22.6. The van der Waals surface area contributed by atoms with Crippen LogP contribution in [0.4, 0.5) is 0 Å². The average molecular weight is 820 g/mol. The van der Waals surface area contributed by atoms with Crippen LogP contribution in [0, 0.1) is 0 Å². The molecule has 0 aromatic carbocycles. The minimum atomic E-state index is -4.78. The van der Waals surface area contributed by atoms with E-state index in [0.717, 1.165) is 77.0 Å². The van der Waals surface area contributed by atoms with Gasteiger partial charge in [-0.05, 0) is 77.0 Å². The second kappa shape index (κ2) is 39.5. The molecule has 0 spiro atoms. The number of phosphoric acid groups is 1. The highest BCUT2D eigenvalue weighted by Crippen LogP contribution is 2.43. The molecule has 4 N–H and O–H groups in total. The lowest BCUT2D eigenvalue weighted by Crippen LogP contribution is -2.43. The molecule has 0 aliphatic carbocycles. The third kappa shape index (κ3) is 39.3. The summed E-state index contributed by atoms with van der Waals surface area (Å²) in [5.41, 5.74) is 0. The van der Waals surface area contributed by atoms with Gasteiger partial charge in [0.05, 0.1) is 13.2 Å². The van der Waals surface area contributed by atoms with Gasteiger partial charge in [0.15, 0.2) is 6.04 Å². The molecular weight excluding hydrogens is 745 g/mol. The van der Waals surface area contributed by atoms with Gasteiger partial charge in [-0.1, -0.05) is 144 Å². The number of allylic oxidation sites excluding steroid dienone is 14. The zero-order chi connectivity index (χ0) is 42.1. The minimum Gasteiger partial charge on any atom is -0.480 e. The van der Waals surface area contributed by atoms with Crippen molar-refractivity contribution in [2.24, 2.45) is 0 Å². The van der Waals surface area contributed by atoms with Crippen LogP contribution in [0.25, 0.3) is 0 Å². The predicted molar refractivity (Wildman–Crippen MR) is 231 cm³/mol. The summed E-state index contributed by atoms with van der Waals surface area (Å²) in [5.74, 6) is -2.49. The largest absolute Gasteiger partial charge is 0.480 e. The Bertz CT molecular complexity index is 1290. The summed E-state index contributed by atoms with van der Waals surface area (Å²) < 4.78 is 26.7. The van der Waals surface area contributed by atoms with Crippen molar-refractivity contribution in [1.29, 1.82) is 0 Å². The topological polar surface area (TPSA) is 169 Å². The van der Waals surface area contributed by atoms with Gasteiger partial charge in [0, 0.05) is 12.8 Å². The highest BCUT2D eigenvalue weighted by Gasteiger charge is 2.28. The first-order valence-electron chi connectivity index (χ1n) is 21.1. The van der Waals surface area contributed by atoms with E-state index in [9.17, 15) is 34.1 Å². The molecule has 0 bridgehead atoms. The Morgan fingerprint density at radius 2 is 1.04 bits per heavy atom. The van der Waals surface area contributed by atoms with Gasteiger partial charge in [-0.3, -0.25) is 18.6 Å². The molecule has 0 saturated heterocycles. The van der Waals surface area contributed by atoms with Crippen molar-refractivity contribution < 1.29 is 47.8 Å². The van der Waals surface area contributed by atoms with Crippen LogP contribution >= 0.6 is 7.82 Å². The first kappa shape index (κ1) is 53.7. The Labute approximate surface area is 343 Å². The van der Waals surface area contributed by atoms with Crippen molar-refractivity contribution in [1.82, 2.24) is 5.32 Å². The van der Waals surface area contributed by atoms with E-state index in [1.54, 1.807) is 0 Å². The van der Waals surface area contributed by atoms with Gasteiger partial charge in [-0.15, -0.1) is 0 Å². The number of aliphatic hydroxyl groups is 1. The SMILES string of the molecule is CC/C=C\C/C=C\C/C=C\C/C=C\C/C=C\C/C=C\CCC(=O)OCC(O)COP(=O)(O)OCC(NC(=O)CCCCCCC/C=C\CCCCCCC)C(=O)O. The van der Waals surface area contributed by atoms with Crippen LogP contribution in [-0.2, 0) is 32.7 Å². The number of carboxylic acids is 1. The molecule has 0 aliphatic heterocycles. The van der Waals surface area contributed by atoms with Gasteiger partial charge in [0.1, 0.15) is 12.7 Å². The number of hydrogen-bond donors (Lipinski definition) is 4. The van der Waals surface area contributed by atoms with E-state index in [-0.39, 0.29) is 12.8 Å². The summed E-state index contributed by atoms with van der Waals surface area (Å²) in [5, 5.41) is 21.8. The summed E-state index contributed by atoms with van der Waals surface area (Å²) >= 11 is 0. The molecule has 12 heteroatoms. The number of unbranched alkanes of at least 4 members (excludes halogenated alkanes) is 10. The number of hydrogen-bond acceptors (Lipinski definition) is 8. The van der Waals surface area contributed by atoms with Crippen molar-refractivity contribution in [3.8, 4) is 0 Å². The molecule has 1 amide bonds. The Morgan fingerprint density at radius 3 is 1.56 bits per heavy atom. The third-order valence-corrected chi connectivity index (χ3v) is 9.38. The maximum Gasteiger partial charge on any atom is 0.472 e. The van der Waals surface area contributed by atoms with Crippen LogP contribution in [-0.4, -0.2) is 64.9 Å². The Balaban J connectivity index is 4.05. The number of carbonyl (C=O) groups is 3. The molecule has 57 heavy (non-hydrogen) atoms. The van der Waals surface area contributed by atoms with Crippen LogP contribution < -0.4 is 5.32 Å². The van der Waals surface area contributed by atoms with Crippen LogP contribution in [0.2, 0.25) is 0 Å². The molecule has 3 unspecified atom stereocenters. The van der Waals surface area contributed by atoms with E-state index in [4.69, 9.17) is 13.8 Å². The molecule has 0 aromatic rings. The van der Waals surface area contributed by atoms with Gasteiger partial charge in [-0.25, -0.2) is 9.36 Å². The molecular formula is C45H74NO10P. The molecule has 0 radical (unpaired) electrons. The summed E-state index contributed by atoms with van der Waals surface area (Å²) in [6.07, 6.45) is 47.6. The van der Waals surface area contributed by atoms with Gasteiger partial charge < -0.3 is 25.2 Å². The Kier molecular flexibility index (Phi) is 37.2. The fourth-order valence-corrected chi connectivity index (χ4v) is 5.93. The molecule has 11 nitrogen and oxygen atoms in total. The Morgan fingerprint density at radius 1 is 0.579 bits per heavy atom. The number of amides is 1. The molecule has 0 heterocycles. The number of rotatable bonds is 38. The van der Waals surface area contributed by atoms with Gasteiger partial charge >= 0.3 is 19.8 Å². The maximum absolute atomic E-state index is 12.3. The number of aliphatic hydroxyl groups excluding tert-OH is 1. The molecule has 0 aromatic heterocycles. The van der Waals surface area contributed by atoms with E-state index in [1.165, 1.54) is 32.1 Å². The maximum atomic E-state index is 12.3. The second-order valence-corrected chi connectivity index (χ2v) is 15.2. The van der Waals surface area contributed by atoms with Crippen molar-refractivity contribution in [2.45, 2.75) is 161 Å². The summed E-state index contributed by atoms with van der Waals surface area (Å²) in [6, 6.07) is -1.56. The lowest BCUT2D eigenvalue weighted by atomic mass is 10.1. The lowest BCUT2D eigenvalue weighted by molar-refractivity contribution is -0.147. The quantitative estimate of drug-likeness (QED) is 0.0204. The van der Waals surface area contributed by atoms with Crippen molar-refractivity contribution in [3.05, 3.63) is 85.1 Å². The minimum absolute atomic E-state index is 0.0941. The molecule has 0 saturated carbocycles. The third-order valence-electron chi connectivity index (χ3n) is 8.43. The van der Waals surface area contributed by atoms with E-state index >= 15 is 0 Å². The average Bonchev–Trinajstić information content (AvgIpc) is 3.18. The fraction of sp³-hybridized carbons (Fsp3) is 0.622.